The summed E-state index contributed by atoms with van der Waals surface area (Å²) < 4.78 is 0. The van der Waals surface area contributed by atoms with Crippen molar-refractivity contribution in [3.8, 4) is 0 Å². The van der Waals surface area contributed by atoms with Gasteiger partial charge in [0.05, 0.1) is 0 Å². The molecule has 106 valence electrons. The maximum Gasteiger partial charge on any atom is 0.0125 e. The molecule has 2 saturated heterocycles. The Balaban J connectivity index is 1.76. The fourth-order valence-corrected chi connectivity index (χ4v) is 3.26. The van der Waals surface area contributed by atoms with Crippen LogP contribution in [0, 0.1) is 11.3 Å². The van der Waals surface area contributed by atoms with Crippen molar-refractivity contribution in [2.45, 2.75) is 66.0 Å². The molecule has 0 aliphatic carbocycles. The monoisotopic (exact) mass is 252 g/mol. The second-order valence-corrected chi connectivity index (χ2v) is 8.41. The molecular formula is C16H32N2. The molecule has 0 atom stereocenters. The van der Waals surface area contributed by atoms with E-state index in [2.05, 4.69) is 51.3 Å². The lowest BCUT2D eigenvalue weighted by Crippen LogP contribution is -2.59. The maximum atomic E-state index is 2.73. The number of hydrogen-bond acceptors (Lipinski definition) is 2. The molecule has 0 spiro atoms. The molecule has 0 aromatic heterocycles. The van der Waals surface area contributed by atoms with Gasteiger partial charge in [-0.3, -0.25) is 9.80 Å². The summed E-state index contributed by atoms with van der Waals surface area (Å²) in [6, 6.07) is 0.863. The zero-order chi connectivity index (χ0) is 13.6. The van der Waals surface area contributed by atoms with Gasteiger partial charge in [-0.1, -0.05) is 20.8 Å². The van der Waals surface area contributed by atoms with Gasteiger partial charge < -0.3 is 0 Å². The Kier molecular flexibility index (Phi) is 3.81. The van der Waals surface area contributed by atoms with Crippen LogP contribution in [-0.2, 0) is 0 Å². The largest absolute Gasteiger partial charge is 0.300 e. The van der Waals surface area contributed by atoms with Crippen molar-refractivity contribution in [1.29, 1.82) is 0 Å². The molecule has 2 heteroatoms. The Hall–Kier alpha value is -0.0800. The Labute approximate surface area is 114 Å². The van der Waals surface area contributed by atoms with Crippen molar-refractivity contribution >= 4 is 0 Å². The van der Waals surface area contributed by atoms with E-state index in [0.717, 1.165) is 12.0 Å². The highest BCUT2D eigenvalue weighted by atomic mass is 15.3. The van der Waals surface area contributed by atoms with Crippen molar-refractivity contribution in [1.82, 2.24) is 9.80 Å². The van der Waals surface area contributed by atoms with E-state index in [1.165, 1.54) is 39.0 Å². The molecule has 0 radical (unpaired) electrons. The molecule has 2 aliphatic heterocycles. The van der Waals surface area contributed by atoms with Crippen LogP contribution in [0.3, 0.4) is 0 Å². The summed E-state index contributed by atoms with van der Waals surface area (Å²) >= 11 is 0. The zero-order valence-corrected chi connectivity index (χ0v) is 13.3. The smallest absolute Gasteiger partial charge is 0.0125 e. The van der Waals surface area contributed by atoms with E-state index in [1.54, 1.807) is 0 Å². The van der Waals surface area contributed by atoms with E-state index in [1.807, 2.05) is 0 Å². The molecule has 0 bridgehead atoms. The Morgan fingerprint density at radius 1 is 0.833 bits per heavy atom. The van der Waals surface area contributed by atoms with Crippen molar-refractivity contribution in [3.63, 3.8) is 0 Å². The van der Waals surface area contributed by atoms with Gasteiger partial charge in [-0.25, -0.2) is 0 Å². The van der Waals surface area contributed by atoms with Gasteiger partial charge in [-0.2, -0.15) is 0 Å². The average Bonchev–Trinajstić information content (AvgIpc) is 2.12. The number of nitrogens with zero attached hydrogens (tertiary/aromatic N) is 2. The number of rotatable bonds is 1. The van der Waals surface area contributed by atoms with Crippen molar-refractivity contribution in [2.75, 3.05) is 26.2 Å². The Morgan fingerprint density at radius 3 is 1.72 bits per heavy atom. The second kappa shape index (κ2) is 4.79. The normalized spacial score (nSPS) is 26.3. The molecule has 2 heterocycles. The van der Waals surface area contributed by atoms with Gasteiger partial charge in [0.2, 0.25) is 0 Å². The lowest BCUT2D eigenvalue weighted by molar-refractivity contribution is -0.0345. The minimum atomic E-state index is 0.355. The highest BCUT2D eigenvalue weighted by molar-refractivity contribution is 4.94. The van der Waals surface area contributed by atoms with Crippen molar-refractivity contribution < 1.29 is 0 Å². The lowest BCUT2D eigenvalue weighted by atomic mass is 9.75. The molecule has 18 heavy (non-hydrogen) atoms. The molecule has 0 aromatic rings. The second-order valence-electron chi connectivity index (χ2n) is 8.41. The number of hydrogen-bond donors (Lipinski definition) is 0. The predicted molar refractivity (Wildman–Crippen MR) is 78.9 cm³/mol. The molecule has 2 nitrogen and oxygen atoms in total. The molecule has 2 rings (SSSR count). The zero-order valence-electron chi connectivity index (χ0n) is 13.3. The van der Waals surface area contributed by atoms with Crippen molar-refractivity contribution in [3.05, 3.63) is 0 Å². The quantitative estimate of drug-likeness (QED) is 0.707. The number of likely N-dealkylation sites (tertiary alicyclic amines) is 2. The topological polar surface area (TPSA) is 6.48 Å². The van der Waals surface area contributed by atoms with Gasteiger partial charge in [0.25, 0.3) is 0 Å². The van der Waals surface area contributed by atoms with Crippen molar-refractivity contribution in [2.24, 2.45) is 11.3 Å². The Bertz CT molecular complexity index is 270. The lowest BCUT2D eigenvalue weighted by Gasteiger charge is -2.52. The molecule has 2 aliphatic rings. The van der Waals surface area contributed by atoms with Gasteiger partial charge in [-0.15, -0.1) is 0 Å². The average molecular weight is 252 g/mol. The highest BCUT2D eigenvalue weighted by Crippen LogP contribution is 2.36. The molecule has 0 aromatic carbocycles. The maximum absolute atomic E-state index is 2.73. The van der Waals surface area contributed by atoms with Crippen LogP contribution in [0.4, 0.5) is 0 Å². The highest BCUT2D eigenvalue weighted by Gasteiger charge is 2.40. The SMILES string of the molecule is CC(C)(C)C1CN(C2CCN(C(C)(C)C)CC2)C1. The molecule has 0 amide bonds. The van der Waals surface area contributed by atoms with Gasteiger partial charge in [0, 0.05) is 37.8 Å². The third kappa shape index (κ3) is 3.08. The summed E-state index contributed by atoms with van der Waals surface area (Å²) in [5, 5.41) is 0. The summed E-state index contributed by atoms with van der Waals surface area (Å²) in [4.78, 5) is 5.38. The van der Waals surface area contributed by atoms with Crippen LogP contribution < -0.4 is 0 Å². The standard InChI is InChI=1S/C16H32N2/c1-15(2,3)13-11-17(12-13)14-7-9-18(10-8-14)16(4,5)6/h13-14H,7-12H2,1-6H3. The summed E-state index contributed by atoms with van der Waals surface area (Å²) in [5.74, 6) is 0.915. The van der Waals surface area contributed by atoms with Crippen LogP contribution in [0.1, 0.15) is 54.4 Å². The van der Waals surface area contributed by atoms with E-state index in [0.29, 0.717) is 11.0 Å². The Morgan fingerprint density at radius 2 is 1.33 bits per heavy atom. The number of piperidine rings is 1. The first-order valence-corrected chi connectivity index (χ1v) is 7.67. The van der Waals surface area contributed by atoms with Crippen LogP contribution in [0.5, 0.6) is 0 Å². The molecule has 0 saturated carbocycles. The summed E-state index contributed by atoms with van der Waals surface area (Å²) in [7, 11) is 0. The fraction of sp³-hybridized carbons (Fsp3) is 1.00. The van der Waals surface area contributed by atoms with E-state index < -0.39 is 0 Å². The minimum Gasteiger partial charge on any atom is -0.300 e. The first-order valence-electron chi connectivity index (χ1n) is 7.67. The first-order chi connectivity index (χ1) is 8.18. The fourth-order valence-electron chi connectivity index (χ4n) is 3.26. The van der Waals surface area contributed by atoms with Gasteiger partial charge in [-0.05, 0) is 44.9 Å². The first kappa shape index (κ1) is 14.3. The predicted octanol–water partition coefficient (Wildman–Crippen LogP) is 3.23. The summed E-state index contributed by atoms with van der Waals surface area (Å²) in [5.41, 5.74) is 0.858. The van der Waals surface area contributed by atoms with Crippen LogP contribution in [0.25, 0.3) is 0 Å². The molecule has 0 unspecified atom stereocenters. The van der Waals surface area contributed by atoms with Gasteiger partial charge in [0.1, 0.15) is 0 Å². The van der Waals surface area contributed by atoms with Crippen LogP contribution in [0.15, 0.2) is 0 Å². The van der Waals surface area contributed by atoms with Gasteiger partial charge in [0.15, 0.2) is 0 Å². The van der Waals surface area contributed by atoms with Crippen LogP contribution in [0.2, 0.25) is 0 Å². The van der Waals surface area contributed by atoms with Gasteiger partial charge >= 0.3 is 0 Å². The third-order valence-corrected chi connectivity index (χ3v) is 5.06. The third-order valence-electron chi connectivity index (χ3n) is 5.06. The van der Waals surface area contributed by atoms with Crippen LogP contribution >= 0.6 is 0 Å². The molecular weight excluding hydrogens is 220 g/mol. The molecule has 0 N–H and O–H groups in total. The minimum absolute atomic E-state index is 0.355. The van der Waals surface area contributed by atoms with E-state index in [-0.39, 0.29) is 0 Å². The van der Waals surface area contributed by atoms with Crippen LogP contribution in [-0.4, -0.2) is 47.6 Å². The van der Waals surface area contributed by atoms with E-state index in [4.69, 9.17) is 0 Å². The summed E-state index contributed by atoms with van der Waals surface area (Å²) in [6.07, 6.45) is 2.74. The summed E-state index contributed by atoms with van der Waals surface area (Å²) in [6.45, 7) is 19.4. The van der Waals surface area contributed by atoms with E-state index in [9.17, 15) is 0 Å². The van der Waals surface area contributed by atoms with E-state index >= 15 is 0 Å². The molecule has 2 fully saturated rings.